The average Bonchev–Trinajstić information content (AvgIpc) is 2.74. The lowest BCUT2D eigenvalue weighted by molar-refractivity contribution is 0.0734. The molecule has 0 heterocycles. The van der Waals surface area contributed by atoms with Gasteiger partial charge in [-0.15, -0.1) is 0 Å². The van der Waals surface area contributed by atoms with Gasteiger partial charge in [0.25, 0.3) is 0 Å². The minimum absolute atomic E-state index is 0.0833. The van der Waals surface area contributed by atoms with Crippen LogP contribution in [0.5, 0.6) is 11.5 Å². The van der Waals surface area contributed by atoms with Gasteiger partial charge in [0.05, 0.1) is 12.2 Å². The van der Waals surface area contributed by atoms with Gasteiger partial charge < -0.3 is 13.9 Å². The lowest BCUT2D eigenvalue weighted by Gasteiger charge is -2.19. The van der Waals surface area contributed by atoms with E-state index < -0.39 is 0 Å². The Morgan fingerprint density at radius 3 is 2.19 bits per heavy atom. The Labute approximate surface area is 190 Å². The first-order valence-electron chi connectivity index (χ1n) is 11.3. The third-order valence-corrected chi connectivity index (χ3v) is 5.93. The summed E-state index contributed by atoms with van der Waals surface area (Å²) in [6.45, 7) is 9.04. The molecule has 31 heavy (non-hydrogen) atoms. The van der Waals surface area contributed by atoms with Crippen LogP contribution in [0.1, 0.15) is 75.7 Å². The third-order valence-electron chi connectivity index (χ3n) is 4.61. The molecule has 4 nitrogen and oxygen atoms in total. The van der Waals surface area contributed by atoms with E-state index in [0.29, 0.717) is 27.7 Å². The van der Waals surface area contributed by atoms with Gasteiger partial charge in [-0.1, -0.05) is 38.3 Å². The predicted molar refractivity (Wildman–Crippen MR) is 127 cm³/mol. The quantitative estimate of drug-likeness (QED) is 0.151. The number of rotatable bonds is 13. The molecule has 0 amide bonds. The van der Waals surface area contributed by atoms with Crippen molar-refractivity contribution in [3.63, 3.8) is 0 Å². The second-order valence-corrected chi connectivity index (χ2v) is 9.67. The molecule has 0 fully saturated rings. The number of hydrogen-bond donors (Lipinski definition) is 0. The van der Waals surface area contributed by atoms with Crippen LogP contribution in [0.2, 0.25) is 6.04 Å². The van der Waals surface area contributed by atoms with Gasteiger partial charge in [-0.2, -0.15) is 0 Å². The summed E-state index contributed by atoms with van der Waals surface area (Å²) in [4.78, 5) is 12.4. The van der Waals surface area contributed by atoms with E-state index in [1.54, 1.807) is 12.1 Å². The van der Waals surface area contributed by atoms with E-state index in [-0.39, 0.29) is 11.6 Å². The predicted octanol–water partition coefficient (Wildman–Crippen LogP) is 6.65. The number of aryl methyl sites for hydroxylation is 1. The van der Waals surface area contributed by atoms with Gasteiger partial charge in [0.1, 0.15) is 11.5 Å². The Hall–Kier alpha value is -2.11. The maximum Gasteiger partial charge on any atom is 0.343 e. The van der Waals surface area contributed by atoms with E-state index >= 15 is 0 Å². The van der Waals surface area contributed by atoms with Gasteiger partial charge in [-0.05, 0) is 88.0 Å². The molecule has 0 saturated carbocycles. The molecule has 0 saturated heterocycles. The molecule has 0 aliphatic heterocycles. The largest absolute Gasteiger partial charge is 0.494 e. The van der Waals surface area contributed by atoms with Crippen molar-refractivity contribution >= 4 is 15.7 Å². The second kappa shape index (κ2) is 13.3. The molecule has 0 spiro atoms. The molecule has 5 heteroatoms. The Balaban J connectivity index is 1.71. The lowest BCUT2D eigenvalue weighted by Crippen LogP contribution is -2.21. The number of benzene rings is 2. The third kappa shape index (κ3) is 10.7. The number of carbonyl (C=O) groups is 1. The van der Waals surface area contributed by atoms with Gasteiger partial charge in [0.2, 0.25) is 9.76 Å². The summed E-state index contributed by atoms with van der Waals surface area (Å²) in [5.74, 6) is 0.966. The summed E-state index contributed by atoms with van der Waals surface area (Å²) >= 11 is 0. The Morgan fingerprint density at radius 2 is 1.55 bits per heavy atom. The van der Waals surface area contributed by atoms with Crippen LogP contribution in [0.3, 0.4) is 0 Å². The Kier molecular flexibility index (Phi) is 10.8. The van der Waals surface area contributed by atoms with Gasteiger partial charge >= 0.3 is 5.97 Å². The highest BCUT2D eigenvalue weighted by molar-refractivity contribution is 6.27. The van der Waals surface area contributed by atoms with Crippen LogP contribution >= 0.6 is 0 Å². The van der Waals surface area contributed by atoms with Crippen LogP contribution in [0.4, 0.5) is 0 Å². The highest BCUT2D eigenvalue weighted by atomic mass is 28.2. The van der Waals surface area contributed by atoms with Crippen molar-refractivity contribution in [1.29, 1.82) is 0 Å². The summed E-state index contributed by atoms with van der Waals surface area (Å²) in [5, 5.41) is 0. The summed E-state index contributed by atoms with van der Waals surface area (Å²) < 4.78 is 17.0. The molecule has 2 aromatic carbocycles. The van der Waals surface area contributed by atoms with Gasteiger partial charge in [-0.25, -0.2) is 4.79 Å². The normalized spacial score (nSPS) is 11.4. The zero-order valence-electron chi connectivity index (χ0n) is 19.4. The standard InChI is InChI=1S/C26H36O4Si/c1-5-6-7-8-10-21-11-15-24(16-12-21)29-25(27)22-13-17-23(18-14-22)28-19-9-20-31-30-26(2,3)4/h11-18H,5-10,19-20H2,1-4H3. The van der Waals surface area contributed by atoms with Crippen LogP contribution < -0.4 is 9.47 Å². The Morgan fingerprint density at radius 1 is 0.871 bits per heavy atom. The van der Waals surface area contributed by atoms with E-state index in [1.165, 1.54) is 31.2 Å². The van der Waals surface area contributed by atoms with Gasteiger partial charge in [0.15, 0.2) is 0 Å². The van der Waals surface area contributed by atoms with Gasteiger partial charge in [0, 0.05) is 5.60 Å². The summed E-state index contributed by atoms with van der Waals surface area (Å²) in [6, 6.07) is 15.9. The van der Waals surface area contributed by atoms with Crippen LogP contribution in [-0.4, -0.2) is 27.9 Å². The fourth-order valence-electron chi connectivity index (χ4n) is 2.94. The fraction of sp³-hybridized carbons (Fsp3) is 0.500. The zero-order chi connectivity index (χ0) is 22.5. The van der Waals surface area contributed by atoms with Crippen molar-refractivity contribution in [3.05, 3.63) is 59.7 Å². The average molecular weight is 441 g/mol. The minimum Gasteiger partial charge on any atom is -0.494 e. The molecule has 0 aliphatic rings. The van der Waals surface area contributed by atoms with Crippen LogP contribution in [-0.2, 0) is 10.8 Å². The summed E-state index contributed by atoms with van der Waals surface area (Å²) in [6.07, 6.45) is 7.00. The van der Waals surface area contributed by atoms with E-state index in [0.717, 1.165) is 24.6 Å². The SMILES string of the molecule is CCCCCCc1ccc(OC(=O)c2ccc(OCCC[Si]OC(C)(C)C)cc2)cc1. The molecule has 2 radical (unpaired) electrons. The van der Waals surface area contributed by atoms with E-state index in [9.17, 15) is 4.79 Å². The van der Waals surface area contributed by atoms with Crippen molar-refractivity contribution in [2.75, 3.05) is 6.61 Å². The van der Waals surface area contributed by atoms with E-state index in [1.807, 2.05) is 36.4 Å². The molecule has 2 aromatic rings. The molecule has 2 rings (SSSR count). The molecule has 0 aliphatic carbocycles. The molecule has 0 atom stereocenters. The minimum atomic E-state index is -0.359. The molecule has 0 unspecified atom stereocenters. The van der Waals surface area contributed by atoms with E-state index in [4.69, 9.17) is 13.9 Å². The van der Waals surface area contributed by atoms with Crippen LogP contribution in [0, 0.1) is 0 Å². The van der Waals surface area contributed by atoms with Gasteiger partial charge in [-0.3, -0.25) is 0 Å². The topological polar surface area (TPSA) is 44.8 Å². The molecule has 168 valence electrons. The van der Waals surface area contributed by atoms with E-state index in [2.05, 4.69) is 27.7 Å². The summed E-state index contributed by atoms with van der Waals surface area (Å²) in [7, 11) is 0.489. The number of carbonyl (C=O) groups excluding carboxylic acids is 1. The van der Waals surface area contributed by atoms with Crippen molar-refractivity contribution in [2.45, 2.75) is 77.9 Å². The molecular weight excluding hydrogens is 404 g/mol. The lowest BCUT2D eigenvalue weighted by atomic mass is 10.1. The van der Waals surface area contributed by atoms with Crippen molar-refractivity contribution in [1.82, 2.24) is 0 Å². The highest BCUT2D eigenvalue weighted by Crippen LogP contribution is 2.18. The fourth-order valence-corrected chi connectivity index (χ4v) is 3.76. The summed E-state index contributed by atoms with van der Waals surface area (Å²) in [5.41, 5.74) is 1.71. The first-order valence-corrected chi connectivity index (χ1v) is 12.4. The second-order valence-electron chi connectivity index (χ2n) is 8.68. The number of ether oxygens (including phenoxy) is 2. The maximum absolute atomic E-state index is 12.4. The van der Waals surface area contributed by atoms with Crippen molar-refractivity contribution < 1.29 is 18.7 Å². The van der Waals surface area contributed by atoms with Crippen molar-refractivity contribution in [3.8, 4) is 11.5 Å². The molecule has 0 bridgehead atoms. The molecule has 0 N–H and O–H groups in total. The Bertz CT molecular complexity index is 763. The van der Waals surface area contributed by atoms with Crippen molar-refractivity contribution in [2.24, 2.45) is 0 Å². The molecule has 0 aromatic heterocycles. The van der Waals surface area contributed by atoms with Crippen LogP contribution in [0.15, 0.2) is 48.5 Å². The highest BCUT2D eigenvalue weighted by Gasteiger charge is 2.10. The smallest absolute Gasteiger partial charge is 0.343 e. The first kappa shape index (κ1) is 25.2. The number of unbranched alkanes of at least 4 members (excludes halogenated alkanes) is 3. The maximum atomic E-state index is 12.4. The number of esters is 1. The van der Waals surface area contributed by atoms with Crippen LogP contribution in [0.25, 0.3) is 0 Å². The molecular formula is C26H36O4Si. The first-order chi connectivity index (χ1) is 14.9. The zero-order valence-corrected chi connectivity index (χ0v) is 20.4. The number of hydrogen-bond acceptors (Lipinski definition) is 4. The monoisotopic (exact) mass is 440 g/mol.